The first-order chi connectivity index (χ1) is 16.3. The molecule has 3 rings (SSSR count). The predicted octanol–water partition coefficient (Wildman–Crippen LogP) is 3.50. The molecule has 3 aromatic carbocycles. The van der Waals surface area contributed by atoms with E-state index in [0.717, 1.165) is 21.7 Å². The lowest BCUT2D eigenvalue weighted by Crippen LogP contribution is -2.39. The summed E-state index contributed by atoms with van der Waals surface area (Å²) in [7, 11) is -2.11. The number of methoxy groups -OCH3 is 1. The average Bonchev–Trinajstić information content (AvgIpc) is 2.82. The molecule has 0 aliphatic rings. The number of nitrogens with one attached hydrogen (secondary N) is 1. The predicted molar refractivity (Wildman–Crippen MR) is 133 cm³/mol. The highest BCUT2D eigenvalue weighted by Crippen LogP contribution is 2.28. The number of rotatable bonds is 10. The maximum Gasteiger partial charge on any atom is 0.260 e. The lowest BCUT2D eigenvalue weighted by molar-refractivity contribution is -0.119. The second kappa shape index (κ2) is 11.3. The summed E-state index contributed by atoms with van der Waals surface area (Å²) in [6.07, 6.45) is 2.50. The van der Waals surface area contributed by atoms with Crippen LogP contribution in [0.2, 0.25) is 0 Å². The van der Waals surface area contributed by atoms with Crippen molar-refractivity contribution in [3.63, 3.8) is 0 Å². The van der Waals surface area contributed by atoms with E-state index in [1.807, 2.05) is 37.3 Å². The van der Waals surface area contributed by atoms with E-state index in [9.17, 15) is 13.2 Å². The number of hydrogen-bond acceptors (Lipinski definition) is 6. The zero-order chi connectivity index (χ0) is 24.6. The monoisotopic (exact) mass is 481 g/mol. The van der Waals surface area contributed by atoms with E-state index in [4.69, 9.17) is 9.47 Å². The summed E-state index contributed by atoms with van der Waals surface area (Å²) in [4.78, 5) is 12.4. The molecule has 1 N–H and O–H groups in total. The fourth-order valence-corrected chi connectivity index (χ4v) is 3.93. The molecule has 0 saturated carbocycles. The summed E-state index contributed by atoms with van der Waals surface area (Å²) in [5, 5.41) is 3.94. The molecule has 0 heterocycles. The Morgan fingerprint density at radius 2 is 1.74 bits per heavy atom. The molecule has 1 amide bonds. The Morgan fingerprint density at radius 3 is 2.38 bits per heavy atom. The first-order valence-electron chi connectivity index (χ1n) is 10.5. The van der Waals surface area contributed by atoms with Crippen molar-refractivity contribution in [3.05, 3.63) is 89.5 Å². The SMILES string of the molecule is COc1cc(/C=N\NC(=O)CN(c2ccc(C)cc2)S(C)(=O)=O)ccc1OCc1ccccc1. The third-order valence-corrected chi connectivity index (χ3v) is 5.98. The van der Waals surface area contributed by atoms with Crippen LogP contribution in [0.1, 0.15) is 16.7 Å². The van der Waals surface area contributed by atoms with Crippen molar-refractivity contribution in [1.29, 1.82) is 0 Å². The van der Waals surface area contributed by atoms with Gasteiger partial charge in [-0.1, -0.05) is 48.0 Å². The van der Waals surface area contributed by atoms with Gasteiger partial charge in [0.2, 0.25) is 10.0 Å². The molecule has 0 bridgehead atoms. The van der Waals surface area contributed by atoms with Crippen molar-refractivity contribution in [2.24, 2.45) is 5.10 Å². The number of ether oxygens (including phenoxy) is 2. The fourth-order valence-electron chi connectivity index (χ4n) is 3.07. The van der Waals surface area contributed by atoms with Crippen LogP contribution in [0.5, 0.6) is 11.5 Å². The molecule has 0 saturated heterocycles. The molecule has 3 aromatic rings. The van der Waals surface area contributed by atoms with Gasteiger partial charge >= 0.3 is 0 Å². The quantitative estimate of drug-likeness (QED) is 0.353. The molecular weight excluding hydrogens is 454 g/mol. The first kappa shape index (κ1) is 24.8. The molecule has 0 fully saturated rings. The third kappa shape index (κ3) is 7.08. The van der Waals surface area contributed by atoms with Gasteiger partial charge in [-0.25, -0.2) is 13.8 Å². The Hall–Kier alpha value is -3.85. The molecule has 0 aromatic heterocycles. The molecule has 178 valence electrons. The average molecular weight is 482 g/mol. The minimum Gasteiger partial charge on any atom is -0.493 e. The fraction of sp³-hybridized carbons (Fsp3) is 0.200. The molecule has 8 nitrogen and oxygen atoms in total. The van der Waals surface area contributed by atoms with Gasteiger partial charge in [-0.15, -0.1) is 0 Å². The van der Waals surface area contributed by atoms with E-state index >= 15 is 0 Å². The number of anilines is 1. The number of nitrogens with zero attached hydrogens (tertiary/aromatic N) is 2. The lowest BCUT2D eigenvalue weighted by atomic mass is 10.2. The summed E-state index contributed by atoms with van der Waals surface area (Å²) < 4.78 is 36.6. The topological polar surface area (TPSA) is 97.3 Å². The normalized spacial score (nSPS) is 11.3. The molecule has 0 radical (unpaired) electrons. The van der Waals surface area contributed by atoms with Gasteiger partial charge in [0.15, 0.2) is 11.5 Å². The molecule has 0 atom stereocenters. The van der Waals surface area contributed by atoms with Gasteiger partial charge in [-0.05, 0) is 48.4 Å². The number of carbonyl (C=O) groups is 1. The van der Waals surface area contributed by atoms with Crippen LogP contribution in [-0.4, -0.2) is 40.4 Å². The Balaban J connectivity index is 1.62. The van der Waals surface area contributed by atoms with Gasteiger partial charge in [-0.2, -0.15) is 5.10 Å². The lowest BCUT2D eigenvalue weighted by Gasteiger charge is -2.21. The Labute approximate surface area is 199 Å². The first-order valence-corrected chi connectivity index (χ1v) is 12.3. The van der Waals surface area contributed by atoms with Gasteiger partial charge in [-0.3, -0.25) is 9.10 Å². The minimum atomic E-state index is -3.65. The Kier molecular flexibility index (Phi) is 8.26. The Bertz CT molecular complexity index is 1240. The van der Waals surface area contributed by atoms with Crippen molar-refractivity contribution >= 4 is 27.8 Å². The van der Waals surface area contributed by atoms with Crippen molar-refractivity contribution < 1.29 is 22.7 Å². The van der Waals surface area contributed by atoms with Crippen LogP contribution in [-0.2, 0) is 21.4 Å². The molecule has 9 heteroatoms. The zero-order valence-corrected chi connectivity index (χ0v) is 20.1. The van der Waals surface area contributed by atoms with Crippen LogP contribution < -0.4 is 19.2 Å². The number of sulfonamides is 1. The van der Waals surface area contributed by atoms with E-state index in [2.05, 4.69) is 10.5 Å². The summed E-state index contributed by atoms with van der Waals surface area (Å²) in [5.41, 5.74) is 5.46. The van der Waals surface area contributed by atoms with Crippen molar-refractivity contribution in [3.8, 4) is 11.5 Å². The molecule has 0 spiro atoms. The maximum atomic E-state index is 12.4. The molecule has 0 aliphatic carbocycles. The van der Waals surface area contributed by atoms with Gasteiger partial charge < -0.3 is 9.47 Å². The molecule has 0 unspecified atom stereocenters. The largest absolute Gasteiger partial charge is 0.493 e. The van der Waals surface area contributed by atoms with Gasteiger partial charge in [0, 0.05) is 0 Å². The van der Waals surface area contributed by atoms with Crippen molar-refractivity contribution in [2.75, 3.05) is 24.2 Å². The zero-order valence-electron chi connectivity index (χ0n) is 19.3. The third-order valence-electron chi connectivity index (χ3n) is 4.84. The minimum absolute atomic E-state index is 0.394. The van der Waals surface area contributed by atoms with E-state index in [-0.39, 0.29) is 0 Å². The van der Waals surface area contributed by atoms with Crippen molar-refractivity contribution in [2.45, 2.75) is 13.5 Å². The van der Waals surface area contributed by atoms with Crippen LogP contribution in [0.15, 0.2) is 77.9 Å². The second-order valence-corrected chi connectivity index (χ2v) is 9.49. The van der Waals surface area contributed by atoms with E-state index in [1.54, 1.807) is 42.5 Å². The van der Waals surface area contributed by atoms with Crippen molar-refractivity contribution in [1.82, 2.24) is 5.43 Å². The number of aryl methyl sites for hydroxylation is 1. The summed E-state index contributed by atoms with van der Waals surface area (Å²) in [6.45, 7) is 1.90. The number of carbonyl (C=O) groups excluding carboxylic acids is 1. The molecular formula is C25H27N3O5S. The standard InChI is InChI=1S/C25H27N3O5S/c1-19-9-12-22(13-10-19)28(34(3,30)31)17-25(29)27-26-16-21-11-14-23(24(15-21)32-2)33-18-20-7-5-4-6-8-20/h4-16H,17-18H2,1-3H3,(H,27,29)/b26-16-. The van der Waals surface area contributed by atoms with Gasteiger partial charge in [0.05, 0.1) is 25.3 Å². The molecule has 0 aliphatic heterocycles. The maximum absolute atomic E-state index is 12.4. The summed E-state index contributed by atoms with van der Waals surface area (Å²) in [6, 6.07) is 21.9. The number of benzene rings is 3. The number of hydrazone groups is 1. The highest BCUT2D eigenvalue weighted by molar-refractivity contribution is 7.92. The summed E-state index contributed by atoms with van der Waals surface area (Å²) in [5.74, 6) is 0.528. The Morgan fingerprint density at radius 1 is 1.03 bits per heavy atom. The van der Waals surface area contributed by atoms with Crippen LogP contribution in [0.25, 0.3) is 0 Å². The molecule has 34 heavy (non-hydrogen) atoms. The van der Waals surface area contributed by atoms with E-state index in [0.29, 0.717) is 29.4 Å². The second-order valence-electron chi connectivity index (χ2n) is 7.58. The van der Waals surface area contributed by atoms with E-state index in [1.165, 1.54) is 13.3 Å². The van der Waals surface area contributed by atoms with Crippen LogP contribution in [0, 0.1) is 6.92 Å². The highest BCUT2D eigenvalue weighted by atomic mass is 32.2. The van der Waals surface area contributed by atoms with Crippen LogP contribution in [0.4, 0.5) is 5.69 Å². The van der Waals surface area contributed by atoms with Gasteiger partial charge in [0.25, 0.3) is 5.91 Å². The summed E-state index contributed by atoms with van der Waals surface area (Å²) >= 11 is 0. The van der Waals surface area contributed by atoms with Gasteiger partial charge in [0.1, 0.15) is 13.2 Å². The number of hydrogen-bond donors (Lipinski definition) is 1. The van der Waals surface area contributed by atoms with Crippen LogP contribution in [0.3, 0.4) is 0 Å². The van der Waals surface area contributed by atoms with Crippen LogP contribution >= 0.6 is 0 Å². The number of amides is 1. The highest BCUT2D eigenvalue weighted by Gasteiger charge is 2.20. The smallest absolute Gasteiger partial charge is 0.260 e. The van der Waals surface area contributed by atoms with E-state index < -0.39 is 22.5 Å².